The second-order valence-corrected chi connectivity index (χ2v) is 10.5. The van der Waals surface area contributed by atoms with Crippen LogP contribution in [0.25, 0.3) is 22.0 Å². The third-order valence-corrected chi connectivity index (χ3v) is 7.85. The van der Waals surface area contributed by atoms with E-state index in [9.17, 15) is 18.0 Å². The van der Waals surface area contributed by atoms with E-state index in [1.54, 1.807) is 31.1 Å². The number of fused-ring (bicyclic) bond motifs is 1. The van der Waals surface area contributed by atoms with Gasteiger partial charge in [-0.3, -0.25) is 4.79 Å². The van der Waals surface area contributed by atoms with Gasteiger partial charge in [0, 0.05) is 42.7 Å². The van der Waals surface area contributed by atoms with Crippen LogP contribution in [-0.2, 0) is 29.2 Å². The number of rotatable bonds is 5. The minimum absolute atomic E-state index is 0.0908. The zero-order valence-electron chi connectivity index (χ0n) is 23.4. The molecule has 0 aliphatic rings. The largest absolute Gasteiger partial charge is 0.490 e. The molecule has 0 aliphatic carbocycles. The summed E-state index contributed by atoms with van der Waals surface area (Å²) in [5, 5.41) is 9.33. The summed E-state index contributed by atoms with van der Waals surface area (Å²) >= 11 is 12.7. The molecule has 5 rings (SSSR count). The summed E-state index contributed by atoms with van der Waals surface area (Å²) in [6, 6.07) is 21.1. The highest BCUT2D eigenvalue weighted by molar-refractivity contribution is 6.31. The molecule has 0 amide bonds. The van der Waals surface area contributed by atoms with Crippen LogP contribution in [0.5, 0.6) is 0 Å². The standard InChI is InChI=1S/C29H25Cl2N3O2.C2HF3O2/c1-18-22(6-5-7-25(18)31)23-15-28(35)34(3)26-13-10-20(14-24(23)26)29(36-4,27-16-32-17-33(27)2)19-8-11-21(30)12-9-19;3-2(4,5)1(6)7/h5-17H,1-4H3;(H,6,7). The topological polar surface area (TPSA) is 86.4 Å². The number of hydrogen-bond acceptors (Lipinski definition) is 4. The first-order chi connectivity index (χ1) is 20.2. The van der Waals surface area contributed by atoms with Gasteiger partial charge in [-0.15, -0.1) is 0 Å². The van der Waals surface area contributed by atoms with E-state index < -0.39 is 17.7 Å². The van der Waals surface area contributed by atoms with Crippen LogP contribution < -0.4 is 5.56 Å². The molecular formula is C31H26Cl2F3N3O4. The van der Waals surface area contributed by atoms with Crippen molar-refractivity contribution >= 4 is 40.1 Å². The summed E-state index contributed by atoms with van der Waals surface area (Å²) in [6.07, 6.45) is -1.52. The number of benzene rings is 3. The van der Waals surface area contributed by atoms with E-state index in [4.69, 9.17) is 37.8 Å². The molecule has 2 aromatic heterocycles. The Morgan fingerprint density at radius 3 is 2.14 bits per heavy atom. The van der Waals surface area contributed by atoms with Gasteiger partial charge in [0.25, 0.3) is 5.56 Å². The van der Waals surface area contributed by atoms with Gasteiger partial charge in [-0.05, 0) is 65.1 Å². The van der Waals surface area contributed by atoms with E-state index in [0.29, 0.717) is 10.0 Å². The van der Waals surface area contributed by atoms with Crippen molar-refractivity contribution in [3.05, 3.63) is 122 Å². The van der Waals surface area contributed by atoms with Gasteiger partial charge < -0.3 is 19.0 Å². The summed E-state index contributed by atoms with van der Waals surface area (Å²) < 4.78 is 41.7. The predicted molar refractivity (Wildman–Crippen MR) is 160 cm³/mol. The lowest BCUT2D eigenvalue weighted by atomic mass is 9.82. The first kappa shape index (κ1) is 31.8. The Balaban J connectivity index is 0.000000541. The molecule has 5 aromatic rings. The molecule has 1 N–H and O–H groups in total. The number of carboxylic acids is 1. The summed E-state index contributed by atoms with van der Waals surface area (Å²) in [4.78, 5) is 26.2. The predicted octanol–water partition coefficient (Wildman–Crippen LogP) is 7.13. The number of methoxy groups -OCH3 is 1. The van der Waals surface area contributed by atoms with Gasteiger partial charge in [0.1, 0.15) is 0 Å². The third-order valence-electron chi connectivity index (χ3n) is 7.19. The first-order valence-corrected chi connectivity index (χ1v) is 13.5. The van der Waals surface area contributed by atoms with Crippen molar-refractivity contribution in [2.24, 2.45) is 14.1 Å². The fourth-order valence-corrected chi connectivity index (χ4v) is 5.29. The number of nitrogens with zero attached hydrogens (tertiary/aromatic N) is 3. The number of aryl methyl sites for hydroxylation is 2. The summed E-state index contributed by atoms with van der Waals surface area (Å²) in [5.74, 6) is -2.76. The Morgan fingerprint density at radius 2 is 1.58 bits per heavy atom. The zero-order valence-corrected chi connectivity index (χ0v) is 24.9. The molecule has 0 saturated carbocycles. The highest BCUT2D eigenvalue weighted by atomic mass is 35.5. The molecule has 0 fully saturated rings. The maximum atomic E-state index is 12.9. The Morgan fingerprint density at radius 1 is 0.953 bits per heavy atom. The molecule has 224 valence electrons. The van der Waals surface area contributed by atoms with Crippen molar-refractivity contribution in [3.8, 4) is 11.1 Å². The fourth-order valence-electron chi connectivity index (χ4n) is 4.99. The molecule has 0 spiro atoms. The van der Waals surface area contributed by atoms with Gasteiger partial charge in [0.15, 0.2) is 5.60 Å². The lowest BCUT2D eigenvalue weighted by Gasteiger charge is -2.34. The van der Waals surface area contributed by atoms with E-state index in [2.05, 4.69) is 11.1 Å². The zero-order chi connectivity index (χ0) is 31.7. The van der Waals surface area contributed by atoms with Crippen LogP contribution in [0.3, 0.4) is 0 Å². The van der Waals surface area contributed by atoms with Crippen LogP contribution in [0.1, 0.15) is 22.4 Å². The number of ether oxygens (including phenoxy) is 1. The average molecular weight is 632 g/mol. The molecule has 7 nitrogen and oxygen atoms in total. The molecule has 0 saturated heterocycles. The second-order valence-electron chi connectivity index (χ2n) is 9.68. The van der Waals surface area contributed by atoms with Crippen LogP contribution >= 0.6 is 23.2 Å². The molecule has 12 heteroatoms. The minimum atomic E-state index is -5.08. The lowest BCUT2D eigenvalue weighted by Crippen LogP contribution is -2.33. The molecule has 3 aromatic carbocycles. The number of hydrogen-bond donors (Lipinski definition) is 1. The molecule has 1 unspecified atom stereocenters. The number of halogens is 5. The maximum Gasteiger partial charge on any atom is 0.490 e. The first-order valence-electron chi connectivity index (χ1n) is 12.7. The van der Waals surface area contributed by atoms with E-state index >= 15 is 0 Å². The summed E-state index contributed by atoms with van der Waals surface area (Å²) in [6.45, 7) is 1.97. The van der Waals surface area contributed by atoms with Gasteiger partial charge in [0.05, 0.1) is 23.7 Å². The van der Waals surface area contributed by atoms with Gasteiger partial charge in [-0.1, -0.05) is 53.5 Å². The normalized spacial score (nSPS) is 12.9. The van der Waals surface area contributed by atoms with Crippen molar-refractivity contribution in [1.29, 1.82) is 0 Å². The molecular weight excluding hydrogens is 606 g/mol. The molecule has 2 heterocycles. The fraction of sp³-hybridized carbons (Fsp3) is 0.194. The van der Waals surface area contributed by atoms with Crippen LogP contribution in [0.2, 0.25) is 10.0 Å². The molecule has 1 atom stereocenters. The molecule has 43 heavy (non-hydrogen) atoms. The van der Waals surface area contributed by atoms with Crippen LogP contribution in [0, 0.1) is 6.92 Å². The van der Waals surface area contributed by atoms with E-state index in [1.807, 2.05) is 79.3 Å². The summed E-state index contributed by atoms with van der Waals surface area (Å²) in [5.41, 5.74) is 5.06. The van der Waals surface area contributed by atoms with Gasteiger partial charge in [-0.2, -0.15) is 13.2 Å². The van der Waals surface area contributed by atoms with Crippen LogP contribution in [-0.4, -0.2) is 38.5 Å². The number of pyridine rings is 1. The number of aliphatic carboxylic acids is 1. The number of carboxylic acid groups (broad SMARTS) is 1. The molecule has 0 bridgehead atoms. The monoisotopic (exact) mass is 631 g/mol. The number of aromatic nitrogens is 3. The van der Waals surface area contributed by atoms with E-state index in [-0.39, 0.29) is 5.56 Å². The Hall–Kier alpha value is -4.12. The lowest BCUT2D eigenvalue weighted by molar-refractivity contribution is -0.192. The number of carbonyl (C=O) groups is 1. The van der Waals surface area contributed by atoms with Gasteiger partial charge in [0.2, 0.25) is 0 Å². The molecule has 0 radical (unpaired) electrons. The van der Waals surface area contributed by atoms with Gasteiger partial charge >= 0.3 is 12.1 Å². The second kappa shape index (κ2) is 12.2. The van der Waals surface area contributed by atoms with Crippen molar-refractivity contribution in [3.63, 3.8) is 0 Å². The third kappa shape index (κ3) is 6.04. The SMILES string of the molecule is COC(c1ccc(Cl)cc1)(c1ccc2c(c1)c(-c1cccc(Cl)c1C)cc(=O)n2C)c1cncn1C.O=C(O)C(F)(F)F. The van der Waals surface area contributed by atoms with Crippen molar-refractivity contribution in [2.75, 3.05) is 7.11 Å². The smallest absolute Gasteiger partial charge is 0.475 e. The van der Waals surface area contributed by atoms with Gasteiger partial charge in [-0.25, -0.2) is 9.78 Å². The van der Waals surface area contributed by atoms with Crippen LogP contribution in [0.15, 0.2) is 84.0 Å². The van der Waals surface area contributed by atoms with E-state index in [0.717, 1.165) is 44.4 Å². The van der Waals surface area contributed by atoms with Crippen molar-refractivity contribution in [2.45, 2.75) is 18.7 Å². The summed E-state index contributed by atoms with van der Waals surface area (Å²) in [7, 11) is 5.41. The highest BCUT2D eigenvalue weighted by Gasteiger charge is 2.40. The molecule has 0 aliphatic heterocycles. The highest BCUT2D eigenvalue weighted by Crippen LogP contribution is 2.42. The Bertz CT molecular complexity index is 1870. The maximum absolute atomic E-state index is 12.9. The average Bonchev–Trinajstić information content (AvgIpc) is 3.40. The Kier molecular flexibility index (Phi) is 9.05. The quantitative estimate of drug-likeness (QED) is 0.223. The van der Waals surface area contributed by atoms with Crippen LogP contribution in [0.4, 0.5) is 13.2 Å². The number of alkyl halides is 3. The Labute approximate surface area is 254 Å². The van der Waals surface area contributed by atoms with Crippen molar-refractivity contribution < 1.29 is 27.8 Å². The van der Waals surface area contributed by atoms with Crippen molar-refractivity contribution in [1.82, 2.24) is 14.1 Å². The minimum Gasteiger partial charge on any atom is -0.475 e. The number of imidazole rings is 1. The van der Waals surface area contributed by atoms with E-state index in [1.165, 1.54) is 0 Å².